The van der Waals surface area contributed by atoms with Crippen molar-refractivity contribution in [2.24, 2.45) is 0 Å². The first-order valence-corrected chi connectivity index (χ1v) is 9.73. The molecule has 0 aliphatic carbocycles. The van der Waals surface area contributed by atoms with Crippen molar-refractivity contribution >= 4 is 11.5 Å². The molecule has 0 radical (unpaired) electrons. The molecule has 1 aliphatic rings. The Balaban J connectivity index is 1.85. The van der Waals surface area contributed by atoms with Gasteiger partial charge in [-0.2, -0.15) is 10.4 Å². The number of rotatable bonds is 5. The number of nitrogen functional groups attached to an aromatic ring is 1. The minimum atomic E-state index is 0.209. The summed E-state index contributed by atoms with van der Waals surface area (Å²) in [4.78, 5) is 6.63. The molecular weight excluding hydrogens is 380 g/mol. The molecule has 8 heteroatoms. The zero-order valence-electron chi connectivity index (χ0n) is 17.3. The normalized spacial score (nSPS) is 15.9. The SMILES string of the molecule is COc1cc(-c2cc(N)nc(-n3ccc(C)n3)c2C#N)cc(N2CCC(OC)C2)c1. The molecule has 0 amide bonds. The van der Waals surface area contributed by atoms with E-state index in [-0.39, 0.29) is 6.10 Å². The van der Waals surface area contributed by atoms with Crippen LogP contribution in [0.15, 0.2) is 36.5 Å². The smallest absolute Gasteiger partial charge is 0.174 e. The number of benzene rings is 1. The lowest BCUT2D eigenvalue weighted by Crippen LogP contribution is -2.22. The Morgan fingerprint density at radius 2 is 2.07 bits per heavy atom. The molecule has 1 saturated heterocycles. The van der Waals surface area contributed by atoms with Crippen molar-refractivity contribution < 1.29 is 9.47 Å². The fraction of sp³-hybridized carbons (Fsp3) is 0.318. The number of aryl methyl sites for hydroxylation is 1. The largest absolute Gasteiger partial charge is 0.497 e. The molecule has 1 atom stereocenters. The number of hydrogen-bond donors (Lipinski definition) is 1. The third kappa shape index (κ3) is 3.67. The number of hydrogen-bond acceptors (Lipinski definition) is 7. The van der Waals surface area contributed by atoms with Gasteiger partial charge in [0.05, 0.1) is 18.9 Å². The van der Waals surface area contributed by atoms with Gasteiger partial charge >= 0.3 is 0 Å². The van der Waals surface area contributed by atoms with Gasteiger partial charge in [0.2, 0.25) is 0 Å². The van der Waals surface area contributed by atoms with E-state index in [1.807, 2.05) is 31.2 Å². The second-order valence-corrected chi connectivity index (χ2v) is 7.32. The third-order valence-corrected chi connectivity index (χ3v) is 5.35. The lowest BCUT2D eigenvalue weighted by atomic mass is 10.00. The molecule has 154 valence electrons. The fourth-order valence-corrected chi connectivity index (χ4v) is 3.78. The highest BCUT2D eigenvalue weighted by Crippen LogP contribution is 2.35. The molecule has 1 unspecified atom stereocenters. The quantitative estimate of drug-likeness (QED) is 0.697. The highest BCUT2D eigenvalue weighted by molar-refractivity contribution is 5.79. The highest BCUT2D eigenvalue weighted by atomic mass is 16.5. The van der Waals surface area contributed by atoms with E-state index in [1.54, 1.807) is 31.2 Å². The molecule has 2 N–H and O–H groups in total. The number of pyridine rings is 1. The zero-order valence-corrected chi connectivity index (χ0v) is 17.3. The summed E-state index contributed by atoms with van der Waals surface area (Å²) in [7, 11) is 3.37. The van der Waals surface area contributed by atoms with Crippen LogP contribution in [0.2, 0.25) is 0 Å². The number of aromatic nitrogens is 3. The first-order chi connectivity index (χ1) is 14.5. The number of nitriles is 1. The van der Waals surface area contributed by atoms with Gasteiger partial charge in [-0.3, -0.25) is 0 Å². The van der Waals surface area contributed by atoms with Crippen LogP contribution in [-0.2, 0) is 4.74 Å². The van der Waals surface area contributed by atoms with Gasteiger partial charge in [-0.15, -0.1) is 0 Å². The Kier molecular flexibility index (Phi) is 5.29. The number of nitrogens with zero attached hydrogens (tertiary/aromatic N) is 5. The molecule has 8 nitrogen and oxygen atoms in total. The summed E-state index contributed by atoms with van der Waals surface area (Å²) in [6.07, 6.45) is 2.95. The van der Waals surface area contributed by atoms with Crippen LogP contribution in [0.4, 0.5) is 11.5 Å². The summed E-state index contributed by atoms with van der Waals surface area (Å²) in [6, 6.07) is 11.8. The van der Waals surface area contributed by atoms with Crippen LogP contribution in [0.3, 0.4) is 0 Å². The zero-order chi connectivity index (χ0) is 21.3. The second kappa shape index (κ2) is 8.05. The number of nitrogens with two attached hydrogens (primary N) is 1. The van der Waals surface area contributed by atoms with E-state index in [1.165, 1.54) is 0 Å². The van der Waals surface area contributed by atoms with Crippen LogP contribution in [-0.4, -0.2) is 48.2 Å². The average Bonchev–Trinajstić information content (AvgIpc) is 3.41. The molecule has 3 heterocycles. The lowest BCUT2D eigenvalue weighted by Gasteiger charge is -2.21. The van der Waals surface area contributed by atoms with E-state index in [4.69, 9.17) is 15.2 Å². The monoisotopic (exact) mass is 404 g/mol. The Labute approximate surface area is 175 Å². The van der Waals surface area contributed by atoms with Gasteiger partial charge in [0.1, 0.15) is 23.2 Å². The maximum absolute atomic E-state index is 9.96. The summed E-state index contributed by atoms with van der Waals surface area (Å²) in [5, 5.41) is 14.4. The van der Waals surface area contributed by atoms with Crippen molar-refractivity contribution in [2.45, 2.75) is 19.4 Å². The minimum absolute atomic E-state index is 0.209. The van der Waals surface area contributed by atoms with Crippen molar-refractivity contribution in [3.63, 3.8) is 0 Å². The predicted octanol–water partition coefficient (Wildman–Crippen LogP) is 2.93. The molecule has 30 heavy (non-hydrogen) atoms. The summed E-state index contributed by atoms with van der Waals surface area (Å²) >= 11 is 0. The van der Waals surface area contributed by atoms with Gasteiger partial charge < -0.3 is 20.1 Å². The number of methoxy groups -OCH3 is 2. The van der Waals surface area contributed by atoms with Crippen molar-refractivity contribution in [3.8, 4) is 28.8 Å². The van der Waals surface area contributed by atoms with E-state index in [0.717, 1.165) is 36.5 Å². The first-order valence-electron chi connectivity index (χ1n) is 9.73. The van der Waals surface area contributed by atoms with Crippen LogP contribution >= 0.6 is 0 Å². The Hall–Kier alpha value is -3.57. The number of ether oxygens (including phenoxy) is 2. The maximum atomic E-state index is 9.96. The van der Waals surface area contributed by atoms with Crippen LogP contribution in [0.25, 0.3) is 16.9 Å². The van der Waals surface area contributed by atoms with Gasteiger partial charge in [-0.05, 0) is 43.2 Å². The molecule has 4 rings (SSSR count). The van der Waals surface area contributed by atoms with Crippen LogP contribution in [0, 0.1) is 18.3 Å². The first kappa shape index (κ1) is 19.7. The van der Waals surface area contributed by atoms with Crippen LogP contribution in [0.5, 0.6) is 5.75 Å². The van der Waals surface area contributed by atoms with E-state index in [2.05, 4.69) is 21.1 Å². The van der Waals surface area contributed by atoms with Gasteiger partial charge in [0.25, 0.3) is 0 Å². The van der Waals surface area contributed by atoms with Crippen molar-refractivity contribution in [2.75, 3.05) is 37.9 Å². The average molecular weight is 404 g/mol. The molecule has 3 aromatic rings. The standard InChI is InChI=1S/C22H24N6O2/c1-14-4-7-28(26-14)22-20(12-23)19(11-21(24)25-22)15-8-16(10-18(9-15)30-3)27-6-5-17(13-27)29-2/h4,7-11,17H,5-6,13H2,1-3H3,(H2,24,25). The van der Waals surface area contributed by atoms with E-state index < -0.39 is 0 Å². The maximum Gasteiger partial charge on any atom is 0.174 e. The van der Waals surface area contributed by atoms with Crippen LogP contribution in [0.1, 0.15) is 17.7 Å². The second-order valence-electron chi connectivity index (χ2n) is 7.32. The van der Waals surface area contributed by atoms with E-state index >= 15 is 0 Å². The molecule has 1 aliphatic heterocycles. The van der Waals surface area contributed by atoms with Gasteiger partial charge in [-0.1, -0.05) is 0 Å². The summed E-state index contributed by atoms with van der Waals surface area (Å²) in [6.45, 7) is 3.59. The topological polar surface area (TPSA) is 102 Å². The third-order valence-electron chi connectivity index (χ3n) is 5.35. The molecular formula is C22H24N6O2. The summed E-state index contributed by atoms with van der Waals surface area (Å²) in [5.41, 5.74) is 9.88. The fourth-order valence-electron chi connectivity index (χ4n) is 3.78. The molecule has 1 fully saturated rings. The molecule has 2 aromatic heterocycles. The Morgan fingerprint density at radius 3 is 2.70 bits per heavy atom. The van der Waals surface area contributed by atoms with Gasteiger partial charge in [0.15, 0.2) is 5.82 Å². The van der Waals surface area contributed by atoms with Crippen molar-refractivity contribution in [1.29, 1.82) is 5.26 Å². The molecule has 0 bridgehead atoms. The van der Waals surface area contributed by atoms with Crippen LogP contribution < -0.4 is 15.4 Å². The van der Waals surface area contributed by atoms with Gasteiger partial charge in [0, 0.05) is 43.7 Å². The lowest BCUT2D eigenvalue weighted by molar-refractivity contribution is 0.121. The summed E-state index contributed by atoms with van der Waals surface area (Å²) < 4.78 is 12.6. The van der Waals surface area contributed by atoms with Crippen molar-refractivity contribution in [3.05, 3.63) is 47.8 Å². The number of anilines is 2. The minimum Gasteiger partial charge on any atom is -0.497 e. The molecule has 0 saturated carbocycles. The van der Waals surface area contributed by atoms with Crippen molar-refractivity contribution in [1.82, 2.24) is 14.8 Å². The summed E-state index contributed by atoms with van der Waals surface area (Å²) in [5.74, 6) is 1.43. The predicted molar refractivity (Wildman–Crippen MR) is 115 cm³/mol. The highest BCUT2D eigenvalue weighted by Gasteiger charge is 2.24. The van der Waals surface area contributed by atoms with Gasteiger partial charge in [-0.25, -0.2) is 9.67 Å². The Bertz CT molecular complexity index is 1120. The Morgan fingerprint density at radius 1 is 1.23 bits per heavy atom. The molecule has 1 aromatic carbocycles. The molecule has 0 spiro atoms. The van der Waals surface area contributed by atoms with E-state index in [9.17, 15) is 5.26 Å². The van der Waals surface area contributed by atoms with E-state index in [0.29, 0.717) is 28.5 Å².